The van der Waals surface area contributed by atoms with Crippen LogP contribution in [0.15, 0.2) is 97.1 Å². The number of unbranched alkanes of at least 4 members (excludes halogenated alkanes) is 6. The van der Waals surface area contributed by atoms with Crippen molar-refractivity contribution in [1.82, 2.24) is 0 Å². The highest BCUT2D eigenvalue weighted by Gasteiger charge is 2.16. The zero-order valence-corrected chi connectivity index (χ0v) is 27.6. The lowest BCUT2D eigenvalue weighted by Crippen LogP contribution is -2.10. The normalized spacial score (nSPS) is 13.4. The lowest BCUT2D eigenvalue weighted by molar-refractivity contribution is 0.444. The molecule has 4 rings (SSSR count). The molecule has 2 unspecified atom stereocenters. The second-order valence-electron chi connectivity index (χ2n) is 12.9. The predicted octanol–water partition coefficient (Wildman–Crippen LogP) is 11.5. The van der Waals surface area contributed by atoms with E-state index >= 15 is 0 Å². The van der Waals surface area contributed by atoms with Gasteiger partial charge in [0.1, 0.15) is 0 Å². The minimum Gasteiger partial charge on any atom is -0.399 e. The Labute approximate surface area is 268 Å². The van der Waals surface area contributed by atoms with Crippen molar-refractivity contribution >= 4 is 11.4 Å². The molecule has 4 N–H and O–H groups in total. The third-order valence-electron chi connectivity index (χ3n) is 9.52. The van der Waals surface area contributed by atoms with Crippen LogP contribution in [0.1, 0.15) is 130 Å². The summed E-state index contributed by atoms with van der Waals surface area (Å²) in [6.07, 6.45) is 15.3. The molecule has 0 spiro atoms. The van der Waals surface area contributed by atoms with Crippen molar-refractivity contribution in [2.45, 2.75) is 110 Å². The molecule has 0 heterocycles. The van der Waals surface area contributed by atoms with E-state index in [9.17, 15) is 0 Å². The summed E-state index contributed by atoms with van der Waals surface area (Å²) in [5.41, 5.74) is 21.9. The Balaban J connectivity index is 1.43. The van der Waals surface area contributed by atoms with Crippen LogP contribution in [0.5, 0.6) is 0 Å². The minimum atomic E-state index is 0.409. The number of anilines is 2. The molecule has 0 aliphatic rings. The number of nitrogens with two attached hydrogens (primary N) is 2. The van der Waals surface area contributed by atoms with Gasteiger partial charge in [0.15, 0.2) is 0 Å². The zero-order valence-electron chi connectivity index (χ0n) is 27.6. The molecule has 0 aliphatic heterocycles. The topological polar surface area (TPSA) is 52.0 Å². The Bertz CT molecular complexity index is 1240. The van der Waals surface area contributed by atoms with Crippen molar-refractivity contribution in [3.05, 3.63) is 130 Å². The van der Waals surface area contributed by atoms with Gasteiger partial charge in [0, 0.05) is 23.2 Å². The van der Waals surface area contributed by atoms with Crippen LogP contribution < -0.4 is 11.5 Å². The first-order valence-electron chi connectivity index (χ1n) is 17.4. The van der Waals surface area contributed by atoms with Gasteiger partial charge in [0.2, 0.25) is 0 Å². The van der Waals surface area contributed by atoms with E-state index in [0.717, 1.165) is 37.1 Å². The highest BCUT2D eigenvalue weighted by Crippen LogP contribution is 2.31. The van der Waals surface area contributed by atoms with Crippen LogP contribution in [0, 0.1) is 5.92 Å². The molecule has 0 radical (unpaired) electrons. The summed E-state index contributed by atoms with van der Waals surface area (Å²) in [5.74, 6) is 1.47. The second kappa shape index (κ2) is 17.7. The van der Waals surface area contributed by atoms with Gasteiger partial charge in [-0.3, -0.25) is 0 Å². The predicted molar refractivity (Wildman–Crippen MR) is 192 cm³/mol. The van der Waals surface area contributed by atoms with E-state index in [1.807, 2.05) is 24.3 Å². The van der Waals surface area contributed by atoms with Crippen LogP contribution in [0.4, 0.5) is 11.4 Å². The molecular formula is C42H56N2. The van der Waals surface area contributed by atoms with E-state index in [1.165, 1.54) is 84.7 Å². The van der Waals surface area contributed by atoms with Gasteiger partial charge in [-0.2, -0.15) is 0 Å². The van der Waals surface area contributed by atoms with E-state index < -0.39 is 0 Å². The molecule has 0 aliphatic carbocycles. The standard InChI is InChI=1S/C42H56N2/c1-4-7-8-9-10-11-12-13-34(30-32-14-18-35(19-15-32)41(5-2)37-22-26-39(43)27-23-37)31-33-16-20-36(21-17-33)42(6-3)38-24-28-40(44)29-25-38/h14-29,34,41-42H,4-13,30-31,43-44H2,1-3H3. The maximum atomic E-state index is 5.95. The van der Waals surface area contributed by atoms with E-state index in [4.69, 9.17) is 11.5 Å². The summed E-state index contributed by atoms with van der Waals surface area (Å²) in [6.45, 7) is 6.85. The van der Waals surface area contributed by atoms with Gasteiger partial charge in [-0.15, -0.1) is 0 Å². The number of hydrogen-bond acceptors (Lipinski definition) is 2. The summed E-state index contributed by atoms with van der Waals surface area (Å²) in [7, 11) is 0. The molecule has 234 valence electrons. The number of nitrogen functional groups attached to an aromatic ring is 2. The highest BCUT2D eigenvalue weighted by molar-refractivity contribution is 5.44. The van der Waals surface area contributed by atoms with E-state index in [2.05, 4.69) is 93.6 Å². The average Bonchev–Trinajstić information content (AvgIpc) is 3.04. The molecule has 0 aromatic heterocycles. The van der Waals surface area contributed by atoms with Crippen molar-refractivity contribution in [3.8, 4) is 0 Å². The molecule has 0 bridgehead atoms. The largest absolute Gasteiger partial charge is 0.399 e. The third kappa shape index (κ3) is 10.0. The fourth-order valence-electron chi connectivity index (χ4n) is 6.89. The van der Waals surface area contributed by atoms with Crippen LogP contribution in [0.2, 0.25) is 0 Å². The van der Waals surface area contributed by atoms with E-state index in [1.54, 1.807) is 0 Å². The molecule has 2 atom stereocenters. The first kappa shape index (κ1) is 33.4. The lowest BCUT2D eigenvalue weighted by atomic mass is 9.85. The molecular weight excluding hydrogens is 532 g/mol. The third-order valence-corrected chi connectivity index (χ3v) is 9.52. The van der Waals surface area contributed by atoms with Gasteiger partial charge >= 0.3 is 0 Å². The fraction of sp³-hybridized carbons (Fsp3) is 0.429. The molecule has 0 saturated heterocycles. The summed E-state index contributed by atoms with van der Waals surface area (Å²) < 4.78 is 0. The Morgan fingerprint density at radius 2 is 0.773 bits per heavy atom. The summed E-state index contributed by atoms with van der Waals surface area (Å²) >= 11 is 0. The molecule has 0 saturated carbocycles. The monoisotopic (exact) mass is 588 g/mol. The van der Waals surface area contributed by atoms with Gasteiger partial charge in [-0.25, -0.2) is 0 Å². The minimum absolute atomic E-state index is 0.409. The van der Waals surface area contributed by atoms with E-state index in [-0.39, 0.29) is 0 Å². The number of rotatable bonds is 18. The number of hydrogen-bond donors (Lipinski definition) is 2. The smallest absolute Gasteiger partial charge is 0.0314 e. The molecule has 44 heavy (non-hydrogen) atoms. The van der Waals surface area contributed by atoms with Crippen LogP contribution in [-0.2, 0) is 12.8 Å². The van der Waals surface area contributed by atoms with Crippen LogP contribution in [-0.4, -0.2) is 0 Å². The van der Waals surface area contributed by atoms with Crippen molar-refractivity contribution < 1.29 is 0 Å². The van der Waals surface area contributed by atoms with Crippen molar-refractivity contribution in [2.24, 2.45) is 5.92 Å². The van der Waals surface area contributed by atoms with Gasteiger partial charge in [-0.1, -0.05) is 139 Å². The lowest BCUT2D eigenvalue weighted by Gasteiger charge is -2.20. The molecule has 2 nitrogen and oxygen atoms in total. The maximum Gasteiger partial charge on any atom is 0.0314 e. The van der Waals surface area contributed by atoms with Crippen molar-refractivity contribution in [3.63, 3.8) is 0 Å². The zero-order chi connectivity index (χ0) is 31.1. The fourth-order valence-corrected chi connectivity index (χ4v) is 6.89. The first-order valence-corrected chi connectivity index (χ1v) is 17.4. The van der Waals surface area contributed by atoms with Crippen LogP contribution in [0.25, 0.3) is 0 Å². The van der Waals surface area contributed by atoms with Gasteiger partial charge < -0.3 is 11.5 Å². The molecule has 0 amide bonds. The SMILES string of the molecule is CCCCCCCCCC(Cc1ccc(C(CC)c2ccc(N)cc2)cc1)Cc1ccc(C(CC)c2ccc(N)cc2)cc1. The molecule has 4 aromatic rings. The highest BCUT2D eigenvalue weighted by atomic mass is 14.5. The molecule has 0 fully saturated rings. The summed E-state index contributed by atoms with van der Waals surface area (Å²) in [4.78, 5) is 0. The van der Waals surface area contributed by atoms with Crippen molar-refractivity contribution in [2.75, 3.05) is 11.5 Å². The van der Waals surface area contributed by atoms with E-state index in [0.29, 0.717) is 17.8 Å². The summed E-state index contributed by atoms with van der Waals surface area (Å²) in [6, 6.07) is 35.8. The Hall–Kier alpha value is -3.52. The van der Waals surface area contributed by atoms with Crippen LogP contribution in [0.3, 0.4) is 0 Å². The van der Waals surface area contributed by atoms with Crippen LogP contribution >= 0.6 is 0 Å². The Kier molecular flexibility index (Phi) is 13.4. The maximum absolute atomic E-state index is 5.95. The Morgan fingerprint density at radius 3 is 1.14 bits per heavy atom. The molecule has 2 heteroatoms. The summed E-state index contributed by atoms with van der Waals surface area (Å²) in [5, 5.41) is 0. The Morgan fingerprint density at radius 1 is 0.432 bits per heavy atom. The van der Waals surface area contributed by atoms with Gasteiger partial charge in [0.05, 0.1) is 0 Å². The average molecular weight is 589 g/mol. The molecule has 4 aromatic carbocycles. The quantitative estimate of drug-likeness (QED) is 0.0897. The second-order valence-corrected chi connectivity index (χ2v) is 12.9. The van der Waals surface area contributed by atoms with Crippen molar-refractivity contribution in [1.29, 1.82) is 0 Å². The first-order chi connectivity index (χ1) is 21.5. The number of benzene rings is 4. The van der Waals surface area contributed by atoms with Gasteiger partial charge in [0.25, 0.3) is 0 Å². The van der Waals surface area contributed by atoms with Gasteiger partial charge in [-0.05, 0) is 95.7 Å².